The zero-order valence-electron chi connectivity index (χ0n) is 5.54. The molecular weight excluding hydrogens is 108 g/mol. The van der Waals surface area contributed by atoms with Gasteiger partial charge in [0.2, 0.25) is 0 Å². The SMILES string of the molecule is C.C.C1CCCC1.CC. The van der Waals surface area contributed by atoms with Gasteiger partial charge in [0.25, 0.3) is 0 Å². The maximum atomic E-state index is 2.00. The third-order valence-electron chi connectivity index (χ3n) is 1.25. The van der Waals surface area contributed by atoms with Gasteiger partial charge in [0, 0.05) is 0 Å². The quantitative estimate of drug-likeness (QED) is 0.462. The molecule has 9 heavy (non-hydrogen) atoms. The summed E-state index contributed by atoms with van der Waals surface area (Å²) in [4.78, 5) is 0. The standard InChI is InChI=1S/C5H10.C2H6.2CH4/c1-2-4-5-3-1;1-2;;/h1-5H2;1-2H3;2*1H4. The highest BCUT2D eigenvalue weighted by molar-refractivity contribution is 4.51. The van der Waals surface area contributed by atoms with Crippen LogP contribution in [0.5, 0.6) is 0 Å². The molecule has 0 nitrogen and oxygen atoms in total. The monoisotopic (exact) mass is 132 g/mol. The third kappa shape index (κ3) is 11.5. The van der Waals surface area contributed by atoms with Crippen LogP contribution in [0.2, 0.25) is 0 Å². The summed E-state index contributed by atoms with van der Waals surface area (Å²) in [6.45, 7) is 4.00. The van der Waals surface area contributed by atoms with Gasteiger partial charge in [0.05, 0.1) is 0 Å². The second-order valence-electron chi connectivity index (χ2n) is 1.77. The number of hydrogen-bond acceptors (Lipinski definition) is 0. The maximum absolute atomic E-state index is 2.00. The van der Waals surface area contributed by atoms with Crippen LogP contribution in [0.15, 0.2) is 0 Å². The van der Waals surface area contributed by atoms with Crippen molar-refractivity contribution in [1.29, 1.82) is 0 Å². The molecule has 0 aromatic rings. The lowest BCUT2D eigenvalue weighted by Gasteiger charge is -1.67. The fourth-order valence-electron chi connectivity index (χ4n) is 0.884. The fraction of sp³-hybridized carbons (Fsp3) is 1.00. The Bertz CT molecular complexity index is 11.6. The van der Waals surface area contributed by atoms with Crippen molar-refractivity contribution in [2.45, 2.75) is 60.8 Å². The highest BCUT2D eigenvalue weighted by atomic mass is 14.0. The Kier molecular flexibility index (Phi) is 27.9. The molecule has 0 aromatic heterocycles. The summed E-state index contributed by atoms with van der Waals surface area (Å²) < 4.78 is 0. The lowest BCUT2D eigenvalue weighted by atomic mass is 10.4. The minimum absolute atomic E-state index is 0. The highest BCUT2D eigenvalue weighted by Crippen LogP contribution is 2.15. The predicted molar refractivity (Wildman–Crippen MR) is 47.9 cm³/mol. The van der Waals surface area contributed by atoms with Gasteiger partial charge >= 0.3 is 0 Å². The normalized spacial score (nSPS) is 14.0. The smallest absolute Gasteiger partial charge is 0.0533 e. The molecule has 0 aromatic carbocycles. The zero-order chi connectivity index (χ0) is 5.54. The van der Waals surface area contributed by atoms with Gasteiger partial charge in [0.15, 0.2) is 0 Å². The molecule has 1 rings (SSSR count). The van der Waals surface area contributed by atoms with E-state index >= 15 is 0 Å². The predicted octanol–water partition coefficient (Wildman–Crippen LogP) is 4.25. The highest BCUT2D eigenvalue weighted by Gasteiger charge is 1.95. The van der Waals surface area contributed by atoms with Crippen molar-refractivity contribution in [3.63, 3.8) is 0 Å². The van der Waals surface area contributed by atoms with Crippen LogP contribution in [0.1, 0.15) is 60.8 Å². The Hall–Kier alpha value is 0. The fourth-order valence-corrected chi connectivity index (χ4v) is 0.884. The van der Waals surface area contributed by atoms with Crippen LogP contribution in [0.25, 0.3) is 0 Å². The Morgan fingerprint density at radius 2 is 0.667 bits per heavy atom. The zero-order valence-corrected chi connectivity index (χ0v) is 5.54. The summed E-state index contributed by atoms with van der Waals surface area (Å²) in [5.74, 6) is 0. The molecule has 60 valence electrons. The van der Waals surface area contributed by atoms with E-state index in [0.717, 1.165) is 0 Å². The topological polar surface area (TPSA) is 0 Å². The first kappa shape index (κ1) is 16.0. The second kappa shape index (κ2) is 15.7. The number of hydrogen-bond donors (Lipinski definition) is 0. The Balaban J connectivity index is -0.0000000836. The van der Waals surface area contributed by atoms with Crippen LogP contribution >= 0.6 is 0 Å². The summed E-state index contributed by atoms with van der Waals surface area (Å²) in [6.07, 6.45) is 7.50. The molecule has 1 aliphatic carbocycles. The van der Waals surface area contributed by atoms with Gasteiger partial charge in [-0.25, -0.2) is 0 Å². The number of rotatable bonds is 0. The third-order valence-corrected chi connectivity index (χ3v) is 1.25. The van der Waals surface area contributed by atoms with Crippen molar-refractivity contribution < 1.29 is 0 Å². The van der Waals surface area contributed by atoms with Gasteiger partial charge in [-0.2, -0.15) is 0 Å². The molecule has 0 heteroatoms. The van der Waals surface area contributed by atoms with Crippen molar-refractivity contribution in [1.82, 2.24) is 0 Å². The second-order valence-corrected chi connectivity index (χ2v) is 1.77. The average Bonchev–Trinajstić information content (AvgIpc) is 2.23. The summed E-state index contributed by atoms with van der Waals surface area (Å²) in [6, 6.07) is 0. The van der Waals surface area contributed by atoms with E-state index in [1.54, 1.807) is 0 Å². The molecule has 0 aliphatic heterocycles. The van der Waals surface area contributed by atoms with Crippen LogP contribution in [0, 0.1) is 0 Å². The lowest BCUT2D eigenvalue weighted by molar-refractivity contribution is 0.886. The van der Waals surface area contributed by atoms with E-state index in [-0.39, 0.29) is 14.9 Å². The average molecular weight is 132 g/mol. The molecule has 0 saturated heterocycles. The molecule has 0 N–H and O–H groups in total. The molecule has 0 unspecified atom stereocenters. The van der Waals surface area contributed by atoms with Crippen LogP contribution in [0.3, 0.4) is 0 Å². The largest absolute Gasteiger partial charge is 0.0776 e. The maximum Gasteiger partial charge on any atom is -0.0533 e. The minimum atomic E-state index is 0. The van der Waals surface area contributed by atoms with Gasteiger partial charge in [0.1, 0.15) is 0 Å². The lowest BCUT2D eigenvalue weighted by Crippen LogP contribution is -1.47. The van der Waals surface area contributed by atoms with Gasteiger partial charge in [-0.15, -0.1) is 0 Å². The summed E-state index contributed by atoms with van der Waals surface area (Å²) in [5, 5.41) is 0. The molecule has 0 atom stereocenters. The Morgan fingerprint density at radius 3 is 0.778 bits per heavy atom. The minimum Gasteiger partial charge on any atom is -0.0776 e. The molecule has 0 heterocycles. The van der Waals surface area contributed by atoms with E-state index in [9.17, 15) is 0 Å². The molecule has 1 saturated carbocycles. The van der Waals surface area contributed by atoms with Crippen molar-refractivity contribution in [2.24, 2.45) is 0 Å². The van der Waals surface area contributed by atoms with E-state index in [0.29, 0.717) is 0 Å². The Morgan fingerprint density at radius 1 is 0.556 bits per heavy atom. The van der Waals surface area contributed by atoms with Gasteiger partial charge in [-0.1, -0.05) is 60.8 Å². The van der Waals surface area contributed by atoms with Gasteiger partial charge < -0.3 is 0 Å². The van der Waals surface area contributed by atoms with Crippen molar-refractivity contribution in [3.8, 4) is 0 Å². The molecule has 0 spiro atoms. The Labute approximate surface area is 61.7 Å². The van der Waals surface area contributed by atoms with E-state index in [2.05, 4.69) is 0 Å². The first-order valence-corrected chi connectivity index (χ1v) is 3.50. The van der Waals surface area contributed by atoms with Crippen molar-refractivity contribution in [2.75, 3.05) is 0 Å². The molecular formula is C9H24. The molecule has 1 fully saturated rings. The van der Waals surface area contributed by atoms with Crippen LogP contribution < -0.4 is 0 Å². The van der Waals surface area contributed by atoms with Crippen LogP contribution in [-0.4, -0.2) is 0 Å². The van der Waals surface area contributed by atoms with E-state index in [4.69, 9.17) is 0 Å². The van der Waals surface area contributed by atoms with Crippen molar-refractivity contribution in [3.05, 3.63) is 0 Å². The first-order chi connectivity index (χ1) is 3.50. The van der Waals surface area contributed by atoms with Gasteiger partial charge in [-0.3, -0.25) is 0 Å². The molecule has 0 amide bonds. The van der Waals surface area contributed by atoms with Crippen LogP contribution in [-0.2, 0) is 0 Å². The summed E-state index contributed by atoms with van der Waals surface area (Å²) in [5.41, 5.74) is 0. The molecule has 0 radical (unpaired) electrons. The van der Waals surface area contributed by atoms with E-state index in [1.165, 1.54) is 32.1 Å². The van der Waals surface area contributed by atoms with Crippen molar-refractivity contribution >= 4 is 0 Å². The summed E-state index contributed by atoms with van der Waals surface area (Å²) in [7, 11) is 0. The molecule has 0 bridgehead atoms. The molecule has 1 aliphatic rings. The van der Waals surface area contributed by atoms with Gasteiger partial charge in [-0.05, 0) is 0 Å². The summed E-state index contributed by atoms with van der Waals surface area (Å²) >= 11 is 0. The van der Waals surface area contributed by atoms with Crippen LogP contribution in [0.4, 0.5) is 0 Å². The first-order valence-electron chi connectivity index (χ1n) is 3.50. The van der Waals surface area contributed by atoms with E-state index < -0.39 is 0 Å². The van der Waals surface area contributed by atoms with E-state index in [1.807, 2.05) is 13.8 Å².